The first kappa shape index (κ1) is 16.9. The molecule has 0 heterocycles. The Balaban J connectivity index is 4.38. The molecule has 1 unspecified atom stereocenters. The lowest BCUT2D eigenvalue weighted by atomic mass is 10.1. The molecule has 0 saturated heterocycles. The van der Waals surface area contributed by atoms with Gasteiger partial charge >= 0.3 is 6.09 Å². The summed E-state index contributed by atoms with van der Waals surface area (Å²) in [5.41, 5.74) is -0.481. The quantitative estimate of drug-likeness (QED) is 0.585. The van der Waals surface area contributed by atoms with Gasteiger partial charge in [0.1, 0.15) is 16.3 Å². The Hall–Kier alpha value is -1.11. The second-order valence-electron chi connectivity index (χ2n) is 5.24. The lowest BCUT2D eigenvalue weighted by Crippen LogP contribution is -2.40. The fraction of sp³-hybridized carbons (Fsp3) is 0.818. The standard InChI is InChI=1S/C11H22N2O4S/c1-8(6-9(12)7-18(15)16)13(5)10(14)17-11(2,3)4/h8,12,18H,6-7H2,1-5H3. The zero-order chi connectivity index (χ0) is 14.5. The Kier molecular flexibility index (Phi) is 6.31. The number of hydrogen-bond acceptors (Lipinski definition) is 5. The number of rotatable bonds is 5. The molecule has 0 aromatic heterocycles. The fourth-order valence-electron chi connectivity index (χ4n) is 1.23. The van der Waals surface area contributed by atoms with Crippen LogP contribution in [0.5, 0.6) is 0 Å². The number of thiol groups is 1. The summed E-state index contributed by atoms with van der Waals surface area (Å²) in [7, 11) is -1.01. The Bertz CT molecular complexity index is 377. The normalized spacial score (nSPS) is 13.2. The first-order valence-corrected chi connectivity index (χ1v) is 7.03. The lowest BCUT2D eigenvalue weighted by Gasteiger charge is -2.28. The van der Waals surface area contributed by atoms with Crippen LogP contribution in [-0.2, 0) is 15.4 Å². The number of nitrogens with one attached hydrogen (secondary N) is 1. The highest BCUT2D eigenvalue weighted by Crippen LogP contribution is 2.12. The van der Waals surface area contributed by atoms with Crippen molar-refractivity contribution < 1.29 is 17.9 Å². The van der Waals surface area contributed by atoms with Crippen molar-refractivity contribution in [2.45, 2.75) is 45.8 Å². The summed E-state index contributed by atoms with van der Waals surface area (Å²) in [6.07, 6.45) is -0.256. The van der Waals surface area contributed by atoms with Gasteiger partial charge in [0.05, 0.1) is 5.75 Å². The zero-order valence-corrected chi connectivity index (χ0v) is 12.4. The molecule has 18 heavy (non-hydrogen) atoms. The van der Waals surface area contributed by atoms with Gasteiger partial charge in [0.25, 0.3) is 0 Å². The lowest BCUT2D eigenvalue weighted by molar-refractivity contribution is 0.0241. The van der Waals surface area contributed by atoms with E-state index in [-0.39, 0.29) is 23.9 Å². The number of ether oxygens (including phenoxy) is 1. The molecular weight excluding hydrogens is 256 g/mol. The van der Waals surface area contributed by atoms with E-state index in [1.54, 1.807) is 34.7 Å². The molecule has 0 radical (unpaired) electrons. The first-order chi connectivity index (χ1) is 8.03. The molecule has 1 atom stereocenters. The van der Waals surface area contributed by atoms with Crippen molar-refractivity contribution in [2.24, 2.45) is 0 Å². The average molecular weight is 278 g/mol. The molecule has 106 valence electrons. The summed E-state index contributed by atoms with van der Waals surface area (Å²) in [4.78, 5) is 13.1. The second kappa shape index (κ2) is 6.72. The molecule has 0 fully saturated rings. The first-order valence-electron chi connectivity index (χ1n) is 5.67. The van der Waals surface area contributed by atoms with Crippen LogP contribution in [0, 0.1) is 5.41 Å². The third kappa shape index (κ3) is 7.26. The Morgan fingerprint density at radius 2 is 1.89 bits per heavy atom. The van der Waals surface area contributed by atoms with E-state index in [0.29, 0.717) is 0 Å². The maximum atomic E-state index is 11.7. The van der Waals surface area contributed by atoms with Crippen molar-refractivity contribution >= 4 is 22.5 Å². The van der Waals surface area contributed by atoms with Crippen LogP contribution in [0.15, 0.2) is 0 Å². The van der Waals surface area contributed by atoms with Crippen molar-refractivity contribution in [2.75, 3.05) is 12.8 Å². The minimum Gasteiger partial charge on any atom is -0.444 e. The predicted molar refractivity (Wildman–Crippen MR) is 71.0 cm³/mol. The second-order valence-corrected chi connectivity index (χ2v) is 6.22. The van der Waals surface area contributed by atoms with Crippen molar-refractivity contribution in [1.29, 1.82) is 5.41 Å². The topological polar surface area (TPSA) is 87.5 Å². The molecule has 0 aliphatic heterocycles. The zero-order valence-electron chi connectivity index (χ0n) is 11.5. The smallest absolute Gasteiger partial charge is 0.410 e. The number of carbonyl (C=O) groups is 1. The molecule has 0 aromatic carbocycles. The Morgan fingerprint density at radius 3 is 2.28 bits per heavy atom. The maximum Gasteiger partial charge on any atom is 0.410 e. The minimum absolute atomic E-state index is 0.0917. The van der Waals surface area contributed by atoms with Crippen molar-refractivity contribution in [3.63, 3.8) is 0 Å². The van der Waals surface area contributed by atoms with Gasteiger partial charge in [-0.25, -0.2) is 13.2 Å². The van der Waals surface area contributed by atoms with Crippen LogP contribution < -0.4 is 0 Å². The van der Waals surface area contributed by atoms with Gasteiger partial charge in [0.2, 0.25) is 0 Å². The van der Waals surface area contributed by atoms with Crippen molar-refractivity contribution in [3.05, 3.63) is 0 Å². The van der Waals surface area contributed by atoms with E-state index in [4.69, 9.17) is 10.1 Å². The Morgan fingerprint density at radius 1 is 1.39 bits per heavy atom. The van der Waals surface area contributed by atoms with Gasteiger partial charge in [0.15, 0.2) is 0 Å². The van der Waals surface area contributed by atoms with Gasteiger partial charge in [-0.3, -0.25) is 0 Å². The van der Waals surface area contributed by atoms with E-state index >= 15 is 0 Å². The number of nitrogens with zero attached hydrogens (tertiary/aromatic N) is 1. The van der Waals surface area contributed by atoms with Gasteiger partial charge in [-0.1, -0.05) is 0 Å². The molecule has 6 nitrogen and oxygen atoms in total. The molecule has 0 rings (SSSR count). The van der Waals surface area contributed by atoms with E-state index in [1.807, 2.05) is 0 Å². The molecule has 0 spiro atoms. The SMILES string of the molecule is CC(CC(=N)C[SH](=O)=O)N(C)C(=O)OC(C)(C)C. The highest BCUT2D eigenvalue weighted by Gasteiger charge is 2.23. The largest absolute Gasteiger partial charge is 0.444 e. The van der Waals surface area contributed by atoms with Gasteiger partial charge in [0, 0.05) is 25.2 Å². The summed E-state index contributed by atoms with van der Waals surface area (Å²) in [6, 6.07) is -0.276. The Labute approximate surface area is 110 Å². The summed E-state index contributed by atoms with van der Waals surface area (Å²) in [5, 5.41) is 7.50. The molecule has 0 saturated carbocycles. The third-order valence-electron chi connectivity index (χ3n) is 2.20. The van der Waals surface area contributed by atoms with Crippen LogP contribution in [0.2, 0.25) is 0 Å². The average Bonchev–Trinajstić information content (AvgIpc) is 2.11. The molecule has 1 amide bonds. The molecular formula is C11H22N2O4S. The van der Waals surface area contributed by atoms with Crippen LogP contribution in [0.4, 0.5) is 4.79 Å². The van der Waals surface area contributed by atoms with E-state index in [2.05, 4.69) is 0 Å². The summed E-state index contributed by atoms with van der Waals surface area (Å²) < 4.78 is 26.1. The van der Waals surface area contributed by atoms with E-state index in [9.17, 15) is 13.2 Å². The monoisotopic (exact) mass is 278 g/mol. The van der Waals surface area contributed by atoms with E-state index in [1.165, 1.54) is 4.90 Å². The number of carbonyl (C=O) groups excluding carboxylic acids is 1. The summed E-state index contributed by atoms with van der Waals surface area (Å²) in [6.45, 7) is 7.06. The maximum absolute atomic E-state index is 11.7. The molecule has 0 bridgehead atoms. The third-order valence-corrected chi connectivity index (χ3v) is 2.84. The van der Waals surface area contributed by atoms with Gasteiger partial charge in [-0.15, -0.1) is 0 Å². The number of amides is 1. The van der Waals surface area contributed by atoms with Gasteiger partial charge in [-0.2, -0.15) is 0 Å². The van der Waals surface area contributed by atoms with Crippen LogP contribution in [0.1, 0.15) is 34.1 Å². The molecule has 1 N–H and O–H groups in total. The minimum atomic E-state index is -2.59. The molecule has 0 aliphatic rings. The highest BCUT2D eigenvalue weighted by molar-refractivity contribution is 7.73. The summed E-state index contributed by atoms with van der Waals surface area (Å²) in [5.74, 6) is -0.262. The van der Waals surface area contributed by atoms with Crippen molar-refractivity contribution in [1.82, 2.24) is 4.90 Å². The summed E-state index contributed by atoms with van der Waals surface area (Å²) >= 11 is 0. The number of hydrogen-bond donors (Lipinski definition) is 2. The van der Waals surface area contributed by atoms with Gasteiger partial charge in [-0.05, 0) is 27.7 Å². The fourth-order valence-corrected chi connectivity index (χ4v) is 1.67. The molecule has 0 aromatic rings. The van der Waals surface area contributed by atoms with Crippen LogP contribution in [-0.4, -0.2) is 49.6 Å². The molecule has 0 aliphatic carbocycles. The van der Waals surface area contributed by atoms with Crippen molar-refractivity contribution in [3.8, 4) is 0 Å². The van der Waals surface area contributed by atoms with Crippen LogP contribution in [0.25, 0.3) is 0 Å². The van der Waals surface area contributed by atoms with Crippen LogP contribution in [0.3, 0.4) is 0 Å². The molecule has 7 heteroatoms. The van der Waals surface area contributed by atoms with E-state index < -0.39 is 22.4 Å². The predicted octanol–water partition coefficient (Wildman–Crippen LogP) is 1.26. The van der Waals surface area contributed by atoms with E-state index in [0.717, 1.165) is 0 Å². The van der Waals surface area contributed by atoms with Gasteiger partial charge < -0.3 is 15.0 Å². The van der Waals surface area contributed by atoms with Crippen LogP contribution >= 0.6 is 0 Å². The highest BCUT2D eigenvalue weighted by atomic mass is 32.2.